The van der Waals surface area contributed by atoms with E-state index >= 15 is 0 Å². The highest BCUT2D eigenvalue weighted by Crippen LogP contribution is 2.43. The van der Waals surface area contributed by atoms with Crippen LogP contribution in [-0.2, 0) is 13.0 Å². The van der Waals surface area contributed by atoms with Gasteiger partial charge in [-0.2, -0.15) is 5.10 Å². The summed E-state index contributed by atoms with van der Waals surface area (Å²) in [5, 5.41) is 14.0. The van der Waals surface area contributed by atoms with Crippen molar-refractivity contribution in [3.05, 3.63) is 83.2 Å². The number of hydrogen-bond donors (Lipinski definition) is 4. The molecule has 2 aliphatic rings. The van der Waals surface area contributed by atoms with Gasteiger partial charge < -0.3 is 16.4 Å². The van der Waals surface area contributed by atoms with Gasteiger partial charge in [-0.1, -0.05) is 30.3 Å². The molecule has 0 saturated carbocycles. The van der Waals surface area contributed by atoms with Crippen molar-refractivity contribution in [2.24, 2.45) is 5.73 Å². The number of aromatic nitrogens is 2. The molecule has 2 heterocycles. The fraction of sp³-hybridized carbons (Fsp3) is 0.227. The molecule has 5 rings (SSSR count). The molecule has 1 aliphatic carbocycles. The number of aromatic amines is 1. The number of nitrogens with one attached hydrogen (secondary N) is 3. The Morgan fingerprint density at radius 1 is 1.19 bits per heavy atom. The first-order valence-corrected chi connectivity index (χ1v) is 9.41. The number of anilines is 2. The molecule has 2 aromatic carbocycles. The number of nitrogens with two attached hydrogens (primary N) is 1. The molecular formula is C22H23N5. The number of hydrogen-bond acceptors (Lipinski definition) is 4. The van der Waals surface area contributed by atoms with Crippen LogP contribution < -0.4 is 16.4 Å². The van der Waals surface area contributed by atoms with Crippen LogP contribution in [0.5, 0.6) is 0 Å². The Morgan fingerprint density at radius 3 is 3.00 bits per heavy atom. The van der Waals surface area contributed by atoms with E-state index in [1.165, 1.54) is 11.1 Å². The van der Waals surface area contributed by atoms with Gasteiger partial charge in [-0.3, -0.25) is 5.10 Å². The van der Waals surface area contributed by atoms with Gasteiger partial charge in [0.05, 0.1) is 12.2 Å². The third-order valence-corrected chi connectivity index (χ3v) is 5.69. The highest BCUT2D eigenvalue weighted by molar-refractivity contribution is 5.76. The van der Waals surface area contributed by atoms with Gasteiger partial charge in [-0.25, -0.2) is 0 Å². The van der Waals surface area contributed by atoms with E-state index in [4.69, 9.17) is 5.73 Å². The zero-order chi connectivity index (χ0) is 18.3. The van der Waals surface area contributed by atoms with Gasteiger partial charge in [0.2, 0.25) is 0 Å². The highest BCUT2D eigenvalue weighted by atomic mass is 15.1. The first kappa shape index (κ1) is 16.1. The van der Waals surface area contributed by atoms with E-state index in [2.05, 4.69) is 75.4 Å². The van der Waals surface area contributed by atoms with Crippen LogP contribution in [0.4, 0.5) is 11.4 Å². The number of rotatable bonds is 4. The summed E-state index contributed by atoms with van der Waals surface area (Å²) in [6, 6.07) is 17.0. The molecule has 5 heteroatoms. The smallest absolute Gasteiger partial charge is 0.112 e. The highest BCUT2D eigenvalue weighted by Gasteiger charge is 2.39. The zero-order valence-corrected chi connectivity index (χ0v) is 15.1. The fourth-order valence-corrected chi connectivity index (χ4v) is 4.26. The molecule has 5 nitrogen and oxygen atoms in total. The molecule has 136 valence electrons. The van der Waals surface area contributed by atoms with Crippen LogP contribution in [0.2, 0.25) is 0 Å². The number of aryl methyl sites for hydroxylation is 1. The second kappa shape index (κ2) is 6.28. The maximum atomic E-state index is 6.83. The molecule has 0 fully saturated rings. The third-order valence-electron chi connectivity index (χ3n) is 5.69. The summed E-state index contributed by atoms with van der Waals surface area (Å²) in [4.78, 5) is 0. The summed E-state index contributed by atoms with van der Waals surface area (Å²) >= 11 is 0. The SMILES string of the molecule is N[C@]1(C2CCc3ccccc32)C=Cc2cc(NCc3ccn[nH]3)ccc2N1. The molecule has 0 bridgehead atoms. The Morgan fingerprint density at radius 2 is 2.11 bits per heavy atom. The molecule has 5 N–H and O–H groups in total. The molecule has 1 aromatic heterocycles. The van der Waals surface area contributed by atoms with Crippen molar-refractivity contribution in [2.45, 2.75) is 31.0 Å². The predicted octanol–water partition coefficient (Wildman–Crippen LogP) is 3.85. The molecule has 0 amide bonds. The first-order chi connectivity index (χ1) is 13.2. The lowest BCUT2D eigenvalue weighted by molar-refractivity contribution is 0.468. The van der Waals surface area contributed by atoms with E-state index in [-0.39, 0.29) is 5.92 Å². The standard InChI is InChI=1S/C22H23N5/c23-22(20-7-5-15-3-1-2-4-19(15)20)11-9-16-13-17(6-8-21(16)26-22)24-14-18-10-12-25-27-18/h1-4,6,8-13,20,24,26H,5,7,14,23H2,(H,25,27)/t20?,22-/m1/s1. The fourth-order valence-electron chi connectivity index (χ4n) is 4.26. The van der Waals surface area contributed by atoms with Crippen LogP contribution in [0.15, 0.2) is 60.8 Å². The third kappa shape index (κ3) is 2.90. The van der Waals surface area contributed by atoms with Crippen molar-refractivity contribution in [2.75, 3.05) is 10.6 Å². The summed E-state index contributed by atoms with van der Waals surface area (Å²) in [5.74, 6) is 0.288. The summed E-state index contributed by atoms with van der Waals surface area (Å²) in [7, 11) is 0. The van der Waals surface area contributed by atoms with Gasteiger partial charge in [0.15, 0.2) is 0 Å². The van der Waals surface area contributed by atoms with Gasteiger partial charge in [-0.15, -0.1) is 0 Å². The van der Waals surface area contributed by atoms with E-state index in [0.29, 0.717) is 0 Å². The normalized spacial score (nSPS) is 22.8. The van der Waals surface area contributed by atoms with Crippen LogP contribution in [-0.4, -0.2) is 15.9 Å². The molecule has 0 saturated heterocycles. The van der Waals surface area contributed by atoms with E-state index in [9.17, 15) is 0 Å². The number of nitrogens with zero attached hydrogens (tertiary/aromatic N) is 1. The second-order valence-corrected chi connectivity index (χ2v) is 7.42. The molecule has 2 atom stereocenters. The lowest BCUT2D eigenvalue weighted by Gasteiger charge is -2.38. The van der Waals surface area contributed by atoms with Crippen molar-refractivity contribution in [1.82, 2.24) is 10.2 Å². The lowest BCUT2D eigenvalue weighted by Crippen LogP contribution is -2.51. The van der Waals surface area contributed by atoms with Crippen LogP contribution in [0, 0.1) is 0 Å². The minimum atomic E-state index is -0.551. The van der Waals surface area contributed by atoms with Gasteiger partial charge in [0, 0.05) is 23.5 Å². The van der Waals surface area contributed by atoms with E-state index in [0.717, 1.165) is 42.0 Å². The molecule has 27 heavy (non-hydrogen) atoms. The van der Waals surface area contributed by atoms with Crippen molar-refractivity contribution in [3.63, 3.8) is 0 Å². The molecular weight excluding hydrogens is 334 g/mol. The van der Waals surface area contributed by atoms with Gasteiger partial charge in [0.25, 0.3) is 0 Å². The van der Waals surface area contributed by atoms with Crippen molar-refractivity contribution >= 4 is 17.5 Å². The molecule has 1 unspecified atom stereocenters. The Kier molecular flexibility index (Phi) is 3.76. The van der Waals surface area contributed by atoms with Crippen molar-refractivity contribution in [1.29, 1.82) is 0 Å². The van der Waals surface area contributed by atoms with Crippen LogP contribution in [0.3, 0.4) is 0 Å². The Balaban J connectivity index is 1.37. The average molecular weight is 357 g/mol. The Bertz CT molecular complexity index is 992. The largest absolute Gasteiger partial charge is 0.379 e. The molecule has 3 aromatic rings. The predicted molar refractivity (Wildman–Crippen MR) is 109 cm³/mol. The van der Waals surface area contributed by atoms with Crippen LogP contribution >= 0.6 is 0 Å². The minimum absolute atomic E-state index is 0.288. The topological polar surface area (TPSA) is 78.8 Å². The summed E-state index contributed by atoms with van der Waals surface area (Å²) in [6.45, 7) is 0.718. The summed E-state index contributed by atoms with van der Waals surface area (Å²) in [6.07, 6.45) is 8.21. The van der Waals surface area contributed by atoms with Crippen molar-refractivity contribution in [3.8, 4) is 0 Å². The Hall–Kier alpha value is -3.05. The number of benzene rings is 2. The molecule has 0 radical (unpaired) electrons. The quantitative estimate of drug-likeness (QED) is 0.572. The van der Waals surface area contributed by atoms with E-state index in [1.807, 2.05) is 6.07 Å². The maximum absolute atomic E-state index is 6.83. The number of H-pyrrole nitrogens is 1. The molecule has 0 spiro atoms. The summed E-state index contributed by atoms with van der Waals surface area (Å²) < 4.78 is 0. The van der Waals surface area contributed by atoms with Crippen molar-refractivity contribution < 1.29 is 0 Å². The monoisotopic (exact) mass is 357 g/mol. The average Bonchev–Trinajstić information content (AvgIpc) is 3.36. The molecule has 1 aliphatic heterocycles. The van der Waals surface area contributed by atoms with Crippen LogP contribution in [0.25, 0.3) is 6.08 Å². The first-order valence-electron chi connectivity index (χ1n) is 9.41. The maximum Gasteiger partial charge on any atom is 0.112 e. The van der Waals surface area contributed by atoms with Crippen LogP contribution in [0.1, 0.15) is 34.7 Å². The van der Waals surface area contributed by atoms with Gasteiger partial charge in [0.1, 0.15) is 5.66 Å². The van der Waals surface area contributed by atoms with E-state index < -0.39 is 5.66 Å². The number of fused-ring (bicyclic) bond motifs is 2. The summed E-state index contributed by atoms with van der Waals surface area (Å²) in [5.41, 5.74) is 13.4. The minimum Gasteiger partial charge on any atom is -0.379 e. The second-order valence-electron chi connectivity index (χ2n) is 7.42. The van der Waals surface area contributed by atoms with Gasteiger partial charge >= 0.3 is 0 Å². The lowest BCUT2D eigenvalue weighted by atomic mass is 9.84. The van der Waals surface area contributed by atoms with Gasteiger partial charge in [-0.05, 0) is 59.9 Å². The zero-order valence-electron chi connectivity index (χ0n) is 15.1. The Labute approximate surface area is 158 Å². The van der Waals surface area contributed by atoms with E-state index in [1.54, 1.807) is 6.20 Å².